The van der Waals surface area contributed by atoms with Crippen LogP contribution in [0, 0.1) is 0 Å². The van der Waals surface area contributed by atoms with Crippen molar-refractivity contribution in [1.29, 1.82) is 0 Å². The Bertz CT molecular complexity index is 489. The average Bonchev–Trinajstić information content (AvgIpc) is 2.50. The molecular weight excluding hydrogens is 264 g/mol. The van der Waals surface area contributed by atoms with Gasteiger partial charge in [-0.1, -0.05) is 12.1 Å². The van der Waals surface area contributed by atoms with Crippen LogP contribution < -0.4 is 10.1 Å². The van der Waals surface area contributed by atoms with Gasteiger partial charge in [-0.25, -0.2) is 0 Å². The maximum atomic E-state index is 12.5. The molecule has 0 spiro atoms. The van der Waals surface area contributed by atoms with Gasteiger partial charge in [0.15, 0.2) is 0 Å². The number of nitrogens with one attached hydrogen (secondary N) is 1. The molecule has 0 radical (unpaired) electrons. The van der Waals surface area contributed by atoms with Gasteiger partial charge in [-0.05, 0) is 57.4 Å². The monoisotopic (exact) mass is 290 g/mol. The second kappa shape index (κ2) is 6.94. The van der Waals surface area contributed by atoms with Crippen LogP contribution in [0.15, 0.2) is 24.3 Å². The highest BCUT2D eigenvalue weighted by Gasteiger charge is 2.40. The molecule has 2 rings (SSSR count). The molecule has 1 saturated heterocycles. The number of amides is 1. The van der Waals surface area contributed by atoms with E-state index in [0.29, 0.717) is 6.54 Å². The van der Waals surface area contributed by atoms with Gasteiger partial charge in [0.25, 0.3) is 0 Å². The van der Waals surface area contributed by atoms with E-state index in [4.69, 9.17) is 4.74 Å². The standard InChI is InChI=1S/C17H26N2O2/c1-4-18-16(20)17(2)10-5-6-11-19(17)13-14-8-7-9-15(12-14)21-3/h7-9,12H,4-6,10-11,13H2,1-3H3,(H,18,20). The molecule has 0 bridgehead atoms. The molecule has 4 nitrogen and oxygen atoms in total. The lowest BCUT2D eigenvalue weighted by molar-refractivity contribution is -0.135. The van der Waals surface area contributed by atoms with E-state index in [1.165, 1.54) is 5.56 Å². The summed E-state index contributed by atoms with van der Waals surface area (Å²) < 4.78 is 5.28. The third kappa shape index (κ3) is 3.56. The molecule has 1 aliphatic heterocycles. The normalized spacial score (nSPS) is 22.8. The number of piperidine rings is 1. The first-order valence-electron chi connectivity index (χ1n) is 7.76. The molecule has 1 aromatic rings. The second-order valence-electron chi connectivity index (χ2n) is 5.86. The van der Waals surface area contributed by atoms with Gasteiger partial charge < -0.3 is 10.1 Å². The second-order valence-corrected chi connectivity index (χ2v) is 5.86. The number of carbonyl (C=O) groups excluding carboxylic acids is 1. The fourth-order valence-electron chi connectivity index (χ4n) is 3.03. The highest BCUT2D eigenvalue weighted by atomic mass is 16.5. The first kappa shape index (κ1) is 15.8. The zero-order valence-electron chi connectivity index (χ0n) is 13.3. The summed E-state index contributed by atoms with van der Waals surface area (Å²) in [5.74, 6) is 1.01. The first-order chi connectivity index (χ1) is 10.1. The van der Waals surface area contributed by atoms with E-state index < -0.39 is 5.54 Å². The highest BCUT2D eigenvalue weighted by molar-refractivity contribution is 5.85. The van der Waals surface area contributed by atoms with E-state index in [1.807, 2.05) is 25.1 Å². The van der Waals surface area contributed by atoms with Crippen molar-refractivity contribution < 1.29 is 9.53 Å². The fraction of sp³-hybridized carbons (Fsp3) is 0.588. The minimum Gasteiger partial charge on any atom is -0.497 e. The van der Waals surface area contributed by atoms with Gasteiger partial charge in [0, 0.05) is 13.1 Å². The number of ether oxygens (including phenoxy) is 1. The number of benzene rings is 1. The summed E-state index contributed by atoms with van der Waals surface area (Å²) in [6.07, 6.45) is 3.18. The van der Waals surface area contributed by atoms with Gasteiger partial charge in [0.05, 0.1) is 12.6 Å². The molecule has 1 aromatic carbocycles. The Labute approximate surface area is 127 Å². The maximum absolute atomic E-state index is 12.5. The minimum absolute atomic E-state index is 0.146. The average molecular weight is 290 g/mol. The van der Waals surface area contributed by atoms with E-state index >= 15 is 0 Å². The summed E-state index contributed by atoms with van der Waals surface area (Å²) in [7, 11) is 1.68. The predicted molar refractivity (Wildman–Crippen MR) is 84.3 cm³/mol. The summed E-state index contributed by atoms with van der Waals surface area (Å²) in [5, 5.41) is 2.99. The minimum atomic E-state index is -0.405. The quantitative estimate of drug-likeness (QED) is 0.906. The Morgan fingerprint density at radius 1 is 1.43 bits per heavy atom. The Morgan fingerprint density at radius 2 is 2.24 bits per heavy atom. The number of hydrogen-bond acceptors (Lipinski definition) is 3. The molecule has 0 aromatic heterocycles. The number of carbonyl (C=O) groups is 1. The third-order valence-electron chi connectivity index (χ3n) is 4.37. The molecule has 1 N–H and O–H groups in total. The van der Waals surface area contributed by atoms with Crippen molar-refractivity contribution in [3.05, 3.63) is 29.8 Å². The fourth-order valence-corrected chi connectivity index (χ4v) is 3.03. The van der Waals surface area contributed by atoms with E-state index in [1.54, 1.807) is 7.11 Å². The van der Waals surface area contributed by atoms with Gasteiger partial charge in [0.1, 0.15) is 5.75 Å². The zero-order valence-corrected chi connectivity index (χ0v) is 13.3. The molecule has 0 aliphatic carbocycles. The molecule has 1 heterocycles. The van der Waals surface area contributed by atoms with Crippen molar-refractivity contribution in [2.24, 2.45) is 0 Å². The molecule has 1 fully saturated rings. The highest BCUT2D eigenvalue weighted by Crippen LogP contribution is 2.30. The van der Waals surface area contributed by atoms with Crippen molar-refractivity contribution in [2.75, 3.05) is 20.2 Å². The van der Waals surface area contributed by atoms with Crippen LogP contribution >= 0.6 is 0 Å². The van der Waals surface area contributed by atoms with Crippen LogP contribution in [0.1, 0.15) is 38.7 Å². The molecule has 1 aliphatic rings. The molecule has 21 heavy (non-hydrogen) atoms. The van der Waals surface area contributed by atoms with Gasteiger partial charge in [0.2, 0.25) is 5.91 Å². The third-order valence-corrected chi connectivity index (χ3v) is 4.37. The smallest absolute Gasteiger partial charge is 0.240 e. The summed E-state index contributed by atoms with van der Waals surface area (Å²) in [5.41, 5.74) is 0.781. The summed E-state index contributed by atoms with van der Waals surface area (Å²) in [4.78, 5) is 14.8. The lowest BCUT2D eigenvalue weighted by atomic mass is 9.87. The summed E-state index contributed by atoms with van der Waals surface area (Å²) in [6.45, 7) is 6.46. The van der Waals surface area contributed by atoms with Crippen LogP contribution in [0.5, 0.6) is 5.75 Å². The lowest BCUT2D eigenvalue weighted by Crippen LogP contribution is -2.58. The number of likely N-dealkylation sites (N-methyl/N-ethyl adjacent to an activating group) is 1. The predicted octanol–water partition coefficient (Wildman–Crippen LogP) is 2.58. The number of methoxy groups -OCH3 is 1. The van der Waals surface area contributed by atoms with Gasteiger partial charge in [-0.3, -0.25) is 9.69 Å². The van der Waals surface area contributed by atoms with Gasteiger partial charge >= 0.3 is 0 Å². The van der Waals surface area contributed by atoms with Crippen molar-refractivity contribution in [2.45, 2.75) is 45.2 Å². The lowest BCUT2D eigenvalue weighted by Gasteiger charge is -2.43. The first-order valence-corrected chi connectivity index (χ1v) is 7.76. The van der Waals surface area contributed by atoms with Gasteiger partial charge in [-0.15, -0.1) is 0 Å². The van der Waals surface area contributed by atoms with Crippen molar-refractivity contribution in [3.8, 4) is 5.75 Å². The number of likely N-dealkylation sites (tertiary alicyclic amines) is 1. The van der Waals surface area contributed by atoms with Gasteiger partial charge in [-0.2, -0.15) is 0 Å². The maximum Gasteiger partial charge on any atom is 0.240 e. The molecule has 1 atom stereocenters. The largest absolute Gasteiger partial charge is 0.497 e. The summed E-state index contributed by atoms with van der Waals surface area (Å²) in [6, 6.07) is 8.09. The molecular formula is C17H26N2O2. The van der Waals surface area contributed by atoms with Crippen molar-refractivity contribution in [3.63, 3.8) is 0 Å². The summed E-state index contributed by atoms with van der Waals surface area (Å²) >= 11 is 0. The van der Waals surface area contributed by atoms with E-state index in [2.05, 4.69) is 23.2 Å². The number of hydrogen-bond donors (Lipinski definition) is 1. The van der Waals surface area contributed by atoms with Crippen molar-refractivity contribution >= 4 is 5.91 Å². The molecule has 4 heteroatoms. The van der Waals surface area contributed by atoms with Crippen molar-refractivity contribution in [1.82, 2.24) is 10.2 Å². The number of rotatable bonds is 5. The molecule has 0 saturated carbocycles. The SMILES string of the molecule is CCNC(=O)C1(C)CCCCN1Cc1cccc(OC)c1. The Morgan fingerprint density at radius 3 is 2.95 bits per heavy atom. The van der Waals surface area contributed by atoms with Crippen LogP contribution in [0.3, 0.4) is 0 Å². The molecule has 1 amide bonds. The van der Waals surface area contributed by atoms with E-state index in [-0.39, 0.29) is 5.91 Å². The Balaban J connectivity index is 2.16. The van der Waals surface area contributed by atoms with Crippen LogP contribution in [0.25, 0.3) is 0 Å². The van der Waals surface area contributed by atoms with E-state index in [0.717, 1.165) is 38.1 Å². The molecule has 1 unspecified atom stereocenters. The topological polar surface area (TPSA) is 41.6 Å². The van der Waals surface area contributed by atoms with Crippen LogP contribution in [-0.4, -0.2) is 36.5 Å². The number of nitrogens with zero attached hydrogens (tertiary/aromatic N) is 1. The van der Waals surface area contributed by atoms with Crippen LogP contribution in [-0.2, 0) is 11.3 Å². The van der Waals surface area contributed by atoms with E-state index in [9.17, 15) is 4.79 Å². The molecule has 116 valence electrons. The Kier molecular flexibility index (Phi) is 5.23. The van der Waals surface area contributed by atoms with Crippen LogP contribution in [0.2, 0.25) is 0 Å². The van der Waals surface area contributed by atoms with Crippen LogP contribution in [0.4, 0.5) is 0 Å². The Hall–Kier alpha value is -1.55. The zero-order chi connectivity index (χ0) is 15.3.